The standard InChI is InChI=1S/C31H29N3O8S/c32-29(35)17-27(30(36)37)34(16-15-33-26-13-5-12-24-23(26)11-6-14-28(24)43(39,40)41)31(38)42-18-25-21-9-3-1-7-19(21)20-8-2-4-10-22(20)25/h1-14,25,27,33H,15-18H2,(H2,32,35)(H,36,37)(H,39,40,41)/t27-/m0/s1. The topological polar surface area (TPSA) is 176 Å². The number of nitrogens with two attached hydrogens (primary N) is 1. The number of primary amides is 1. The Bertz CT molecular complexity index is 1780. The lowest BCUT2D eigenvalue weighted by Gasteiger charge is -2.28. The van der Waals surface area contributed by atoms with Gasteiger partial charge in [0.1, 0.15) is 17.5 Å². The number of carboxylic acids is 1. The molecule has 43 heavy (non-hydrogen) atoms. The zero-order valence-electron chi connectivity index (χ0n) is 22.8. The van der Waals surface area contributed by atoms with Crippen LogP contribution in [0.3, 0.4) is 0 Å². The molecule has 2 amide bonds. The van der Waals surface area contributed by atoms with Crippen molar-refractivity contribution in [1.29, 1.82) is 0 Å². The van der Waals surface area contributed by atoms with Crippen molar-refractivity contribution in [2.75, 3.05) is 25.0 Å². The summed E-state index contributed by atoms with van der Waals surface area (Å²) < 4.78 is 39.0. The molecule has 5 rings (SSSR count). The largest absolute Gasteiger partial charge is 0.480 e. The van der Waals surface area contributed by atoms with E-state index in [-0.39, 0.29) is 35.9 Å². The highest BCUT2D eigenvalue weighted by atomic mass is 32.2. The monoisotopic (exact) mass is 603 g/mol. The minimum atomic E-state index is -4.48. The van der Waals surface area contributed by atoms with Gasteiger partial charge in [-0.25, -0.2) is 9.59 Å². The van der Waals surface area contributed by atoms with Gasteiger partial charge in [-0.15, -0.1) is 0 Å². The van der Waals surface area contributed by atoms with E-state index in [0.717, 1.165) is 27.2 Å². The van der Waals surface area contributed by atoms with Crippen molar-refractivity contribution in [2.45, 2.75) is 23.3 Å². The highest BCUT2D eigenvalue weighted by Crippen LogP contribution is 2.44. The number of carbonyl (C=O) groups is 3. The highest BCUT2D eigenvalue weighted by Gasteiger charge is 2.34. The average Bonchev–Trinajstić information content (AvgIpc) is 3.29. The summed E-state index contributed by atoms with van der Waals surface area (Å²) >= 11 is 0. The van der Waals surface area contributed by atoms with Crippen molar-refractivity contribution in [3.05, 3.63) is 96.1 Å². The second-order valence-corrected chi connectivity index (χ2v) is 11.5. The molecule has 1 atom stereocenters. The summed E-state index contributed by atoms with van der Waals surface area (Å²) in [4.78, 5) is 38.0. The number of benzene rings is 4. The Labute approximate surface area is 247 Å². The first kappa shape index (κ1) is 29.5. The van der Waals surface area contributed by atoms with Crippen LogP contribution in [0.4, 0.5) is 10.5 Å². The number of hydrogen-bond donors (Lipinski definition) is 4. The predicted octanol–water partition coefficient (Wildman–Crippen LogP) is 4.08. The highest BCUT2D eigenvalue weighted by molar-refractivity contribution is 7.86. The van der Waals surface area contributed by atoms with Crippen LogP contribution in [-0.2, 0) is 24.4 Å². The van der Waals surface area contributed by atoms with Crippen LogP contribution >= 0.6 is 0 Å². The third kappa shape index (κ3) is 6.15. The van der Waals surface area contributed by atoms with Crippen molar-refractivity contribution < 1.29 is 37.2 Å². The summed E-state index contributed by atoms with van der Waals surface area (Å²) in [6.07, 6.45) is -1.55. The first-order chi connectivity index (χ1) is 20.6. The molecule has 0 fully saturated rings. The van der Waals surface area contributed by atoms with Crippen LogP contribution in [-0.4, -0.2) is 66.7 Å². The second-order valence-electron chi connectivity index (χ2n) is 10.1. The number of nitrogens with zero attached hydrogens (tertiary/aromatic N) is 1. The number of carbonyl (C=O) groups excluding carboxylic acids is 2. The number of aliphatic carboxylic acids is 1. The number of anilines is 1. The summed E-state index contributed by atoms with van der Waals surface area (Å²) in [6.45, 7) is -0.224. The van der Waals surface area contributed by atoms with E-state index >= 15 is 0 Å². The van der Waals surface area contributed by atoms with E-state index in [4.69, 9.17) is 10.5 Å². The normalized spacial score (nSPS) is 13.1. The molecule has 0 saturated carbocycles. The quantitative estimate of drug-likeness (QED) is 0.184. The average molecular weight is 604 g/mol. The number of nitrogens with one attached hydrogen (secondary N) is 1. The SMILES string of the molecule is NC(=O)C[C@@H](C(=O)O)N(CCNc1cccc2c(S(=O)(=O)O)cccc12)C(=O)OCC1c2ccccc2-c2ccccc21. The molecule has 4 aromatic carbocycles. The lowest BCUT2D eigenvalue weighted by molar-refractivity contribution is -0.144. The van der Waals surface area contributed by atoms with Gasteiger partial charge in [0.05, 0.1) is 6.42 Å². The van der Waals surface area contributed by atoms with Crippen LogP contribution in [0.2, 0.25) is 0 Å². The summed E-state index contributed by atoms with van der Waals surface area (Å²) in [6, 6.07) is 23.2. The smallest absolute Gasteiger partial charge is 0.410 e. The number of hydrogen-bond acceptors (Lipinski definition) is 7. The Morgan fingerprint density at radius 1 is 0.884 bits per heavy atom. The van der Waals surface area contributed by atoms with E-state index in [1.165, 1.54) is 12.1 Å². The number of fused-ring (bicyclic) bond motifs is 4. The molecular weight excluding hydrogens is 574 g/mol. The van der Waals surface area contributed by atoms with Gasteiger partial charge in [0.2, 0.25) is 5.91 Å². The van der Waals surface area contributed by atoms with Gasteiger partial charge in [-0.05, 0) is 34.4 Å². The fourth-order valence-corrected chi connectivity index (χ4v) is 6.25. The molecular formula is C31H29N3O8S. The van der Waals surface area contributed by atoms with Crippen LogP contribution < -0.4 is 11.1 Å². The minimum absolute atomic E-state index is 0.0158. The van der Waals surface area contributed by atoms with Crippen LogP contribution in [0, 0.1) is 0 Å². The number of amides is 2. The van der Waals surface area contributed by atoms with Crippen LogP contribution in [0.1, 0.15) is 23.5 Å². The first-order valence-corrected chi connectivity index (χ1v) is 14.9. The Hall–Kier alpha value is -4.94. The summed E-state index contributed by atoms with van der Waals surface area (Å²) in [7, 11) is -4.48. The van der Waals surface area contributed by atoms with E-state index < -0.39 is 40.6 Å². The van der Waals surface area contributed by atoms with E-state index in [9.17, 15) is 32.5 Å². The third-order valence-corrected chi connectivity index (χ3v) is 8.37. The zero-order chi connectivity index (χ0) is 30.7. The van der Waals surface area contributed by atoms with Gasteiger partial charge in [-0.3, -0.25) is 14.2 Å². The Morgan fingerprint density at radius 2 is 1.49 bits per heavy atom. The lowest BCUT2D eigenvalue weighted by Crippen LogP contribution is -2.49. The molecule has 0 aromatic heterocycles. The van der Waals surface area contributed by atoms with E-state index in [2.05, 4.69) is 5.32 Å². The van der Waals surface area contributed by atoms with Crippen LogP contribution in [0.25, 0.3) is 21.9 Å². The van der Waals surface area contributed by atoms with Crippen molar-refractivity contribution in [3.8, 4) is 11.1 Å². The molecule has 11 nitrogen and oxygen atoms in total. The zero-order valence-corrected chi connectivity index (χ0v) is 23.7. The van der Waals surface area contributed by atoms with Crippen molar-refractivity contribution in [2.24, 2.45) is 5.73 Å². The molecule has 0 unspecified atom stereocenters. The maximum atomic E-state index is 13.4. The summed E-state index contributed by atoms with van der Waals surface area (Å²) in [5.74, 6) is -2.58. The molecule has 4 aromatic rings. The van der Waals surface area contributed by atoms with E-state index in [0.29, 0.717) is 11.1 Å². The molecule has 0 saturated heterocycles. The van der Waals surface area contributed by atoms with Gasteiger partial charge in [0.15, 0.2) is 0 Å². The number of carboxylic acid groups (broad SMARTS) is 1. The maximum absolute atomic E-state index is 13.4. The Balaban J connectivity index is 1.36. The summed E-state index contributed by atoms with van der Waals surface area (Å²) in [5.41, 5.74) is 9.83. The lowest BCUT2D eigenvalue weighted by atomic mass is 9.98. The van der Waals surface area contributed by atoms with Crippen molar-refractivity contribution >= 4 is 44.5 Å². The van der Waals surface area contributed by atoms with Gasteiger partial charge in [-0.2, -0.15) is 8.42 Å². The van der Waals surface area contributed by atoms with Crippen molar-refractivity contribution in [3.63, 3.8) is 0 Å². The third-order valence-electron chi connectivity index (χ3n) is 7.45. The minimum Gasteiger partial charge on any atom is -0.480 e. The van der Waals surface area contributed by atoms with Gasteiger partial charge in [0.25, 0.3) is 10.1 Å². The number of ether oxygens (including phenoxy) is 1. The summed E-state index contributed by atoms with van der Waals surface area (Å²) in [5, 5.41) is 13.7. The molecule has 222 valence electrons. The van der Waals surface area contributed by atoms with Crippen LogP contribution in [0.5, 0.6) is 0 Å². The molecule has 0 heterocycles. The molecule has 12 heteroatoms. The van der Waals surface area contributed by atoms with Gasteiger partial charge in [0, 0.05) is 35.5 Å². The molecule has 0 bridgehead atoms. The molecule has 1 aliphatic carbocycles. The first-order valence-electron chi connectivity index (χ1n) is 13.4. The van der Waals surface area contributed by atoms with Crippen molar-refractivity contribution in [1.82, 2.24) is 4.90 Å². The molecule has 0 aliphatic heterocycles. The van der Waals surface area contributed by atoms with Crippen LogP contribution in [0.15, 0.2) is 89.8 Å². The predicted molar refractivity (Wildman–Crippen MR) is 159 cm³/mol. The number of rotatable bonds is 11. The fraction of sp³-hybridized carbons (Fsp3) is 0.194. The van der Waals surface area contributed by atoms with E-state index in [1.807, 2.05) is 48.5 Å². The van der Waals surface area contributed by atoms with Gasteiger partial charge in [-0.1, -0.05) is 72.8 Å². The molecule has 5 N–H and O–H groups in total. The Kier molecular flexibility index (Phi) is 8.33. The Morgan fingerprint density at radius 3 is 2.09 bits per heavy atom. The molecule has 1 aliphatic rings. The molecule has 0 spiro atoms. The van der Waals surface area contributed by atoms with E-state index in [1.54, 1.807) is 24.3 Å². The van der Waals surface area contributed by atoms with Gasteiger partial charge >= 0.3 is 12.1 Å². The molecule has 0 radical (unpaired) electrons. The maximum Gasteiger partial charge on any atom is 0.410 e. The fourth-order valence-electron chi connectivity index (χ4n) is 5.54. The van der Waals surface area contributed by atoms with Gasteiger partial charge < -0.3 is 20.9 Å². The second kappa shape index (κ2) is 12.1.